The first-order chi connectivity index (χ1) is 11.6. The van der Waals surface area contributed by atoms with Crippen LogP contribution in [0.2, 0.25) is 0 Å². The van der Waals surface area contributed by atoms with Crippen LogP contribution < -0.4 is 9.46 Å². The zero-order valence-corrected chi connectivity index (χ0v) is 15.9. The predicted molar refractivity (Wildman–Crippen MR) is 95.9 cm³/mol. The standard InChI is InChI=1S/C17H21NO5S2/c1-4-23-15-7-11-17(12-8-15)25(21,22)18-13(2)14-5-9-16(10-6-14)24(3,19)20/h5-13,18H,4H2,1-3H3/t13-/m1/s1. The number of benzene rings is 2. The lowest BCUT2D eigenvalue weighted by atomic mass is 10.1. The zero-order chi connectivity index (χ0) is 18.7. The molecule has 8 heteroatoms. The highest BCUT2D eigenvalue weighted by molar-refractivity contribution is 7.90. The fraction of sp³-hybridized carbons (Fsp3) is 0.294. The van der Waals surface area contributed by atoms with Crippen molar-refractivity contribution in [1.29, 1.82) is 0 Å². The van der Waals surface area contributed by atoms with E-state index in [0.29, 0.717) is 17.9 Å². The Bertz CT molecular complexity index is 918. The lowest BCUT2D eigenvalue weighted by molar-refractivity contribution is 0.340. The van der Waals surface area contributed by atoms with Gasteiger partial charge in [0.1, 0.15) is 5.75 Å². The van der Waals surface area contributed by atoms with Crippen molar-refractivity contribution in [2.75, 3.05) is 12.9 Å². The van der Waals surface area contributed by atoms with E-state index < -0.39 is 25.9 Å². The van der Waals surface area contributed by atoms with Crippen molar-refractivity contribution in [3.05, 3.63) is 54.1 Å². The molecule has 0 fully saturated rings. The van der Waals surface area contributed by atoms with Crippen LogP contribution in [0, 0.1) is 0 Å². The lowest BCUT2D eigenvalue weighted by Crippen LogP contribution is -2.26. The van der Waals surface area contributed by atoms with Crippen LogP contribution >= 0.6 is 0 Å². The van der Waals surface area contributed by atoms with Gasteiger partial charge < -0.3 is 4.74 Å². The molecule has 0 saturated carbocycles. The van der Waals surface area contributed by atoms with Gasteiger partial charge in [-0.1, -0.05) is 12.1 Å². The normalized spacial score (nSPS) is 13.4. The average molecular weight is 383 g/mol. The van der Waals surface area contributed by atoms with E-state index in [0.717, 1.165) is 6.26 Å². The Kier molecular flexibility index (Phi) is 5.87. The first kappa shape index (κ1) is 19.4. The van der Waals surface area contributed by atoms with Gasteiger partial charge in [-0.3, -0.25) is 0 Å². The van der Waals surface area contributed by atoms with Crippen LogP contribution in [-0.2, 0) is 19.9 Å². The molecular formula is C17H21NO5S2. The van der Waals surface area contributed by atoms with Crippen molar-refractivity contribution < 1.29 is 21.6 Å². The highest BCUT2D eigenvalue weighted by Crippen LogP contribution is 2.20. The van der Waals surface area contributed by atoms with Crippen LogP contribution in [0.4, 0.5) is 0 Å². The van der Waals surface area contributed by atoms with Gasteiger partial charge >= 0.3 is 0 Å². The van der Waals surface area contributed by atoms with E-state index in [-0.39, 0.29) is 9.79 Å². The summed E-state index contributed by atoms with van der Waals surface area (Å²) in [6.07, 6.45) is 1.13. The Labute approximate surface area is 148 Å². The molecule has 0 aliphatic rings. The smallest absolute Gasteiger partial charge is 0.241 e. The second kappa shape index (κ2) is 7.55. The number of ether oxygens (including phenoxy) is 1. The van der Waals surface area contributed by atoms with Gasteiger partial charge in [0.05, 0.1) is 16.4 Å². The van der Waals surface area contributed by atoms with Crippen molar-refractivity contribution in [2.24, 2.45) is 0 Å². The van der Waals surface area contributed by atoms with Crippen molar-refractivity contribution in [1.82, 2.24) is 4.72 Å². The van der Waals surface area contributed by atoms with E-state index in [1.807, 2.05) is 6.92 Å². The monoisotopic (exact) mass is 383 g/mol. The van der Waals surface area contributed by atoms with Crippen LogP contribution in [0.25, 0.3) is 0 Å². The molecule has 0 amide bonds. The minimum atomic E-state index is -3.70. The van der Waals surface area contributed by atoms with Crippen molar-refractivity contribution in [3.63, 3.8) is 0 Å². The summed E-state index contributed by atoms with van der Waals surface area (Å²) in [7, 11) is -6.98. The van der Waals surface area contributed by atoms with Crippen LogP contribution in [0.3, 0.4) is 0 Å². The van der Waals surface area contributed by atoms with E-state index in [2.05, 4.69) is 4.72 Å². The summed E-state index contributed by atoms with van der Waals surface area (Å²) in [5.41, 5.74) is 0.668. The van der Waals surface area contributed by atoms with Crippen molar-refractivity contribution >= 4 is 19.9 Å². The Hall–Kier alpha value is -1.90. The largest absolute Gasteiger partial charge is 0.494 e. The van der Waals surface area contributed by atoms with E-state index >= 15 is 0 Å². The molecule has 0 heterocycles. The van der Waals surface area contributed by atoms with Gasteiger partial charge in [0.15, 0.2) is 9.84 Å². The minimum absolute atomic E-state index is 0.135. The SMILES string of the molecule is CCOc1ccc(S(=O)(=O)N[C@H](C)c2ccc(S(C)(=O)=O)cc2)cc1. The van der Waals surface area contributed by atoms with Gasteiger partial charge in [-0.15, -0.1) is 0 Å². The van der Waals surface area contributed by atoms with Gasteiger partial charge in [0.25, 0.3) is 0 Å². The third-order valence-electron chi connectivity index (χ3n) is 3.59. The molecular weight excluding hydrogens is 362 g/mol. The molecule has 0 aliphatic carbocycles. The molecule has 25 heavy (non-hydrogen) atoms. The molecule has 0 radical (unpaired) electrons. The molecule has 136 valence electrons. The van der Waals surface area contributed by atoms with Gasteiger partial charge in [-0.2, -0.15) is 0 Å². The number of hydrogen-bond donors (Lipinski definition) is 1. The number of hydrogen-bond acceptors (Lipinski definition) is 5. The maximum absolute atomic E-state index is 12.5. The number of sulfone groups is 1. The second-order valence-electron chi connectivity index (χ2n) is 5.59. The van der Waals surface area contributed by atoms with Crippen LogP contribution in [0.1, 0.15) is 25.5 Å². The van der Waals surface area contributed by atoms with Crippen molar-refractivity contribution in [2.45, 2.75) is 29.7 Å². The lowest BCUT2D eigenvalue weighted by Gasteiger charge is -2.15. The Morgan fingerprint density at radius 1 is 0.920 bits per heavy atom. The van der Waals surface area contributed by atoms with Gasteiger partial charge in [-0.05, 0) is 55.8 Å². The first-order valence-corrected chi connectivity index (χ1v) is 11.1. The third-order valence-corrected chi connectivity index (χ3v) is 6.27. The van der Waals surface area contributed by atoms with Crippen LogP contribution in [0.15, 0.2) is 58.3 Å². The van der Waals surface area contributed by atoms with Gasteiger partial charge in [0, 0.05) is 12.3 Å². The molecule has 0 unspecified atom stereocenters. The zero-order valence-electron chi connectivity index (χ0n) is 14.3. The number of nitrogens with one attached hydrogen (secondary N) is 1. The molecule has 0 aliphatic heterocycles. The van der Waals surface area contributed by atoms with Gasteiger partial charge in [0.2, 0.25) is 10.0 Å². The Morgan fingerprint density at radius 2 is 1.44 bits per heavy atom. The van der Waals surface area contributed by atoms with Crippen molar-refractivity contribution in [3.8, 4) is 5.75 Å². The Balaban J connectivity index is 2.16. The van der Waals surface area contributed by atoms with E-state index in [1.165, 1.54) is 24.3 Å². The molecule has 1 atom stereocenters. The van der Waals surface area contributed by atoms with E-state index in [9.17, 15) is 16.8 Å². The fourth-order valence-corrected chi connectivity index (χ4v) is 4.12. The summed E-state index contributed by atoms with van der Waals surface area (Å²) in [4.78, 5) is 0.327. The third kappa shape index (κ3) is 5.04. The molecule has 6 nitrogen and oxygen atoms in total. The summed E-state index contributed by atoms with van der Waals surface area (Å²) in [5.74, 6) is 0.603. The quantitative estimate of drug-likeness (QED) is 0.793. The molecule has 1 N–H and O–H groups in total. The van der Waals surface area contributed by atoms with Gasteiger partial charge in [-0.25, -0.2) is 21.6 Å². The second-order valence-corrected chi connectivity index (χ2v) is 9.32. The first-order valence-electron chi connectivity index (χ1n) is 7.68. The molecule has 2 aromatic rings. The molecule has 0 spiro atoms. The summed E-state index contributed by atoms with van der Waals surface area (Å²) in [5, 5.41) is 0. The highest BCUT2D eigenvalue weighted by Gasteiger charge is 2.19. The maximum Gasteiger partial charge on any atom is 0.241 e. The summed E-state index contributed by atoms with van der Waals surface area (Å²) < 4.78 is 55.8. The van der Waals surface area contributed by atoms with Crippen LogP contribution in [-0.4, -0.2) is 29.7 Å². The minimum Gasteiger partial charge on any atom is -0.494 e. The topological polar surface area (TPSA) is 89.5 Å². The maximum atomic E-state index is 12.5. The molecule has 2 rings (SSSR count). The summed E-state index contributed by atoms with van der Waals surface area (Å²) in [6.45, 7) is 4.05. The van der Waals surface area contributed by atoms with E-state index in [4.69, 9.17) is 4.74 Å². The van der Waals surface area contributed by atoms with Crippen LogP contribution in [0.5, 0.6) is 5.75 Å². The Morgan fingerprint density at radius 3 is 1.92 bits per heavy atom. The van der Waals surface area contributed by atoms with E-state index in [1.54, 1.807) is 31.2 Å². The summed E-state index contributed by atoms with van der Waals surface area (Å²) >= 11 is 0. The average Bonchev–Trinajstić information content (AvgIpc) is 2.54. The number of sulfonamides is 1. The number of rotatable bonds is 7. The fourth-order valence-electron chi connectivity index (χ4n) is 2.25. The molecule has 0 bridgehead atoms. The predicted octanol–water partition coefficient (Wildman–Crippen LogP) is 2.53. The summed E-state index contributed by atoms with van der Waals surface area (Å²) in [6, 6.07) is 11.8. The molecule has 2 aromatic carbocycles. The highest BCUT2D eigenvalue weighted by atomic mass is 32.2. The molecule has 0 saturated heterocycles. The molecule has 0 aromatic heterocycles.